The van der Waals surface area contributed by atoms with Crippen molar-refractivity contribution in [2.75, 3.05) is 10.2 Å². The van der Waals surface area contributed by atoms with E-state index in [0.717, 1.165) is 22.3 Å². The van der Waals surface area contributed by atoms with E-state index in [2.05, 4.69) is 68.8 Å². The van der Waals surface area contributed by atoms with Crippen molar-refractivity contribution >= 4 is 56.9 Å². The van der Waals surface area contributed by atoms with Gasteiger partial charge in [0.15, 0.2) is 5.82 Å². The average molecular weight is 521 g/mol. The van der Waals surface area contributed by atoms with Crippen molar-refractivity contribution in [1.29, 1.82) is 0 Å². The molecule has 0 amide bonds. The number of aromatic amines is 1. The van der Waals surface area contributed by atoms with Crippen LogP contribution >= 0.6 is 34.2 Å². The Kier molecular flexibility index (Phi) is 6.69. The third kappa shape index (κ3) is 4.84. The monoisotopic (exact) mass is 520 g/mol. The van der Waals surface area contributed by atoms with E-state index in [1.165, 1.54) is 0 Å². The molecule has 4 rings (SSSR count). The number of halogens is 2. The van der Waals surface area contributed by atoms with Gasteiger partial charge in [0.1, 0.15) is 11.6 Å². The Morgan fingerprint density at radius 1 is 0.931 bits per heavy atom. The lowest BCUT2D eigenvalue weighted by molar-refractivity contribution is 0.548. The third-order valence-electron chi connectivity index (χ3n) is 4.14. The highest BCUT2D eigenvalue weighted by Crippen LogP contribution is 2.30. The summed E-state index contributed by atoms with van der Waals surface area (Å²) in [5.41, 5.74) is 1.47. The molecule has 2 N–H and O–H groups in total. The highest BCUT2D eigenvalue weighted by molar-refractivity contribution is 14.1. The zero-order valence-corrected chi connectivity index (χ0v) is 19.6. The first kappa shape index (κ1) is 21.4. The first-order chi connectivity index (χ1) is 13.9. The van der Waals surface area contributed by atoms with Gasteiger partial charge in [-0.2, -0.15) is 4.98 Å². The Hall–Kier alpha value is -2.26. The molecule has 0 aliphatic carbocycles. The second kappa shape index (κ2) is 9.04. The van der Waals surface area contributed by atoms with Gasteiger partial charge in [-0.3, -0.25) is 5.10 Å². The van der Waals surface area contributed by atoms with E-state index in [0.29, 0.717) is 22.6 Å². The van der Waals surface area contributed by atoms with Gasteiger partial charge in [0.05, 0.1) is 10.5 Å². The summed E-state index contributed by atoms with van der Waals surface area (Å²) in [5.74, 6) is 2.45. The van der Waals surface area contributed by atoms with Crippen LogP contribution < -0.4 is 5.32 Å². The quantitative estimate of drug-likeness (QED) is 0.250. The summed E-state index contributed by atoms with van der Waals surface area (Å²) in [4.78, 5) is 15.9. The van der Waals surface area contributed by atoms with Crippen molar-refractivity contribution in [2.45, 2.75) is 26.2 Å². The summed E-state index contributed by atoms with van der Waals surface area (Å²) in [6.07, 6.45) is 0. The van der Waals surface area contributed by atoms with E-state index in [1.54, 1.807) is 0 Å². The van der Waals surface area contributed by atoms with Crippen LogP contribution in [0.3, 0.4) is 0 Å². The number of H-pyrrole nitrogens is 1. The van der Waals surface area contributed by atoms with E-state index in [9.17, 15) is 0 Å². The Bertz CT molecular complexity index is 1120. The topological polar surface area (TPSA) is 79.4 Å². The molecular weight excluding hydrogens is 499 g/mol. The molecule has 0 atom stereocenters. The fourth-order valence-corrected chi connectivity index (χ4v) is 2.91. The molecule has 6 nitrogen and oxygen atoms in total. The maximum Gasteiger partial charge on any atom is 0.247 e. The van der Waals surface area contributed by atoms with Gasteiger partial charge in [-0.1, -0.05) is 79.2 Å². The summed E-state index contributed by atoms with van der Waals surface area (Å²) < 4.78 is 0. The molecule has 0 saturated heterocycles. The van der Waals surface area contributed by atoms with Crippen molar-refractivity contribution < 1.29 is 0 Å². The SMILES string of the molecule is CC(C)(C)c1nc(Nc2nc(-c3ccccc3Cl)nc3ccccc23)n[nH]1.CI. The van der Waals surface area contributed by atoms with Crippen molar-refractivity contribution in [3.8, 4) is 11.4 Å². The first-order valence-corrected chi connectivity index (χ1v) is 11.5. The van der Waals surface area contributed by atoms with Crippen LogP contribution in [-0.4, -0.2) is 30.1 Å². The second-order valence-corrected chi connectivity index (χ2v) is 7.68. The van der Waals surface area contributed by atoms with Crippen LogP contribution in [0.4, 0.5) is 11.8 Å². The Labute approximate surface area is 188 Å². The van der Waals surface area contributed by atoms with Crippen molar-refractivity contribution in [2.24, 2.45) is 0 Å². The van der Waals surface area contributed by atoms with Crippen molar-refractivity contribution in [3.63, 3.8) is 0 Å². The van der Waals surface area contributed by atoms with Crippen LogP contribution in [0.5, 0.6) is 0 Å². The number of hydrogen-bond acceptors (Lipinski definition) is 5. The molecule has 0 bridgehead atoms. The normalized spacial score (nSPS) is 11.1. The minimum atomic E-state index is -0.122. The predicted octanol–water partition coefficient (Wildman–Crippen LogP) is 6.16. The van der Waals surface area contributed by atoms with Crippen LogP contribution in [0.25, 0.3) is 22.3 Å². The number of para-hydroxylation sites is 1. The second-order valence-electron chi connectivity index (χ2n) is 7.28. The highest BCUT2D eigenvalue weighted by atomic mass is 127. The number of nitrogens with zero attached hydrogens (tertiary/aromatic N) is 4. The Morgan fingerprint density at radius 2 is 1.62 bits per heavy atom. The number of fused-ring (bicyclic) bond motifs is 1. The lowest BCUT2D eigenvalue weighted by Crippen LogP contribution is -2.13. The molecular formula is C21H22ClIN6. The summed E-state index contributed by atoms with van der Waals surface area (Å²) in [7, 11) is 0. The fraction of sp³-hybridized carbons (Fsp3) is 0.238. The number of hydrogen-bond donors (Lipinski definition) is 2. The molecule has 8 heteroatoms. The van der Waals surface area contributed by atoms with Gasteiger partial charge >= 0.3 is 0 Å². The zero-order valence-electron chi connectivity index (χ0n) is 16.7. The third-order valence-corrected chi connectivity index (χ3v) is 4.47. The fourth-order valence-electron chi connectivity index (χ4n) is 2.69. The summed E-state index contributed by atoms with van der Waals surface area (Å²) >= 11 is 8.50. The maximum atomic E-state index is 6.35. The van der Waals surface area contributed by atoms with Gasteiger partial charge < -0.3 is 5.32 Å². The molecule has 0 radical (unpaired) electrons. The number of aromatic nitrogens is 5. The van der Waals surface area contributed by atoms with E-state index in [1.807, 2.05) is 53.5 Å². The summed E-state index contributed by atoms with van der Waals surface area (Å²) in [6.45, 7) is 6.23. The van der Waals surface area contributed by atoms with E-state index < -0.39 is 0 Å². The minimum absolute atomic E-state index is 0.122. The molecule has 4 aromatic rings. The Balaban J connectivity index is 0.00000117. The van der Waals surface area contributed by atoms with Gasteiger partial charge in [-0.05, 0) is 29.2 Å². The van der Waals surface area contributed by atoms with Gasteiger partial charge in [-0.25, -0.2) is 9.97 Å². The molecule has 0 saturated carbocycles. The summed E-state index contributed by atoms with van der Waals surface area (Å²) in [6, 6.07) is 15.3. The van der Waals surface area contributed by atoms with Gasteiger partial charge in [0.25, 0.3) is 0 Å². The van der Waals surface area contributed by atoms with Crippen LogP contribution in [-0.2, 0) is 5.41 Å². The van der Waals surface area contributed by atoms with Gasteiger partial charge in [0, 0.05) is 16.4 Å². The van der Waals surface area contributed by atoms with Gasteiger partial charge in [0.2, 0.25) is 5.95 Å². The molecule has 0 aliphatic heterocycles. The van der Waals surface area contributed by atoms with Crippen LogP contribution in [0.1, 0.15) is 26.6 Å². The van der Waals surface area contributed by atoms with Crippen LogP contribution in [0.15, 0.2) is 48.5 Å². The first-order valence-electron chi connectivity index (χ1n) is 9.01. The molecule has 0 spiro atoms. The molecule has 150 valence electrons. The molecule has 2 heterocycles. The maximum absolute atomic E-state index is 6.35. The molecule has 2 aromatic carbocycles. The number of benzene rings is 2. The number of alkyl halides is 1. The van der Waals surface area contributed by atoms with E-state index in [-0.39, 0.29) is 5.41 Å². The number of nitrogens with one attached hydrogen (secondary N) is 2. The average Bonchev–Trinajstić information content (AvgIpc) is 3.19. The molecule has 0 unspecified atom stereocenters. The van der Waals surface area contributed by atoms with Crippen molar-refractivity contribution in [3.05, 3.63) is 59.4 Å². The van der Waals surface area contributed by atoms with E-state index in [4.69, 9.17) is 16.6 Å². The Morgan fingerprint density at radius 3 is 2.31 bits per heavy atom. The smallest absolute Gasteiger partial charge is 0.247 e. The standard InChI is InChI=1S/C20H19ClN6.CH3I/c1-20(2,3)18-25-19(27-26-18)24-17-13-9-5-7-11-15(13)22-16(23-17)12-8-4-6-10-14(12)21;1-2/h4-11H,1-3H3,(H2,22,23,24,25,26,27);1H3. The molecule has 0 aliphatic rings. The molecule has 0 fully saturated rings. The van der Waals surface area contributed by atoms with Gasteiger partial charge in [-0.15, -0.1) is 5.10 Å². The zero-order chi connectivity index (χ0) is 21.0. The number of anilines is 2. The van der Waals surface area contributed by atoms with Crippen molar-refractivity contribution in [1.82, 2.24) is 25.1 Å². The largest absolute Gasteiger partial charge is 0.307 e. The van der Waals surface area contributed by atoms with Crippen LogP contribution in [0.2, 0.25) is 5.02 Å². The summed E-state index contributed by atoms with van der Waals surface area (Å²) in [5, 5.41) is 12.0. The highest BCUT2D eigenvalue weighted by Gasteiger charge is 2.19. The number of rotatable bonds is 3. The minimum Gasteiger partial charge on any atom is -0.307 e. The predicted molar refractivity (Wildman–Crippen MR) is 128 cm³/mol. The van der Waals surface area contributed by atoms with E-state index >= 15 is 0 Å². The van der Waals surface area contributed by atoms with Crippen LogP contribution in [0, 0.1) is 0 Å². The lowest BCUT2D eigenvalue weighted by atomic mass is 9.96. The molecule has 29 heavy (non-hydrogen) atoms. The lowest BCUT2D eigenvalue weighted by Gasteiger charge is -2.13. The molecule has 2 aromatic heterocycles.